The number of rotatable bonds is 9. The van der Waals surface area contributed by atoms with Crippen LogP contribution in [0.2, 0.25) is 5.02 Å². The molecule has 2 saturated carbocycles. The van der Waals surface area contributed by atoms with Crippen LogP contribution in [0.1, 0.15) is 63.9 Å². The minimum Gasteiger partial charge on any atom is -0.486 e. The van der Waals surface area contributed by atoms with E-state index in [9.17, 15) is 22.8 Å². The Balaban J connectivity index is 1.06. The van der Waals surface area contributed by atoms with Crippen LogP contribution in [0, 0.1) is 17.7 Å². The molecule has 2 amide bonds. The first-order valence-corrected chi connectivity index (χ1v) is 20.1. The van der Waals surface area contributed by atoms with Crippen LogP contribution in [0.5, 0.6) is 5.75 Å². The van der Waals surface area contributed by atoms with Crippen molar-refractivity contribution in [2.24, 2.45) is 11.8 Å². The standard InChI is InChI=1S/C37H43ClFN5O8S/c1-41-13-14-42(18-23(41)20-50-2)30-8-7-26-25-9-12-43(19-29(25)37(47)52-33(26)31(30)38)36(46)27-5-6-28(35(45)40-53(48,49)44-10-3-4-11-44)34(32(27)39)51-24-16-21-15-22(21)17-24/h5-8,21-24H,3-4,9-20H2,1-2H3,(H,40,45)/t21-,22+,23-,24?/m1/s1. The number of fused-ring (bicyclic) bond motifs is 4. The van der Waals surface area contributed by atoms with E-state index in [1.54, 1.807) is 7.11 Å². The number of halogens is 2. The van der Waals surface area contributed by atoms with E-state index in [1.807, 2.05) is 12.1 Å². The quantitative estimate of drug-likeness (QED) is 0.320. The summed E-state index contributed by atoms with van der Waals surface area (Å²) in [4.78, 5) is 46.6. The molecule has 2 saturated heterocycles. The molecule has 8 rings (SSSR count). The second-order valence-electron chi connectivity index (χ2n) is 14.9. The number of hydrogen-bond donors (Lipinski definition) is 1. The lowest BCUT2D eigenvalue weighted by molar-refractivity contribution is 0.0725. The predicted octanol–water partition coefficient (Wildman–Crippen LogP) is 3.80. The van der Waals surface area contributed by atoms with Crippen molar-refractivity contribution in [2.75, 3.05) is 64.9 Å². The molecule has 16 heteroatoms. The Morgan fingerprint density at radius 2 is 1.74 bits per heavy atom. The van der Waals surface area contributed by atoms with Crippen molar-refractivity contribution in [2.45, 2.75) is 57.2 Å². The number of anilines is 1. The Kier molecular flexibility index (Phi) is 9.67. The van der Waals surface area contributed by atoms with E-state index in [4.69, 9.17) is 25.5 Å². The zero-order valence-electron chi connectivity index (χ0n) is 29.7. The average molecular weight is 772 g/mol. The van der Waals surface area contributed by atoms with Crippen molar-refractivity contribution in [3.05, 3.63) is 67.8 Å². The number of ether oxygens (including phenoxy) is 2. The monoisotopic (exact) mass is 771 g/mol. The molecule has 4 atom stereocenters. The maximum Gasteiger partial charge on any atom is 0.341 e. The van der Waals surface area contributed by atoms with Gasteiger partial charge in [-0.2, -0.15) is 12.7 Å². The number of piperazine rings is 1. The Morgan fingerprint density at radius 1 is 1.00 bits per heavy atom. The first-order chi connectivity index (χ1) is 25.4. The molecular weight excluding hydrogens is 729 g/mol. The molecule has 13 nitrogen and oxygen atoms in total. The summed E-state index contributed by atoms with van der Waals surface area (Å²) in [7, 11) is -0.420. The fourth-order valence-electron chi connectivity index (χ4n) is 8.51. The van der Waals surface area contributed by atoms with Gasteiger partial charge < -0.3 is 23.7 Å². The fourth-order valence-corrected chi connectivity index (χ4v) is 10.0. The topological polar surface area (TPSA) is 142 Å². The summed E-state index contributed by atoms with van der Waals surface area (Å²) < 4.78 is 62.8. The van der Waals surface area contributed by atoms with Gasteiger partial charge in [-0.05, 0) is 87.2 Å². The predicted molar refractivity (Wildman–Crippen MR) is 195 cm³/mol. The van der Waals surface area contributed by atoms with Crippen molar-refractivity contribution in [1.29, 1.82) is 0 Å². The molecular formula is C37H43ClFN5O8S. The molecule has 2 aromatic carbocycles. The number of benzene rings is 2. The highest BCUT2D eigenvalue weighted by Crippen LogP contribution is 2.53. The summed E-state index contributed by atoms with van der Waals surface area (Å²) in [5.41, 5.74) is 0.773. The summed E-state index contributed by atoms with van der Waals surface area (Å²) in [5.74, 6) is -2.25. The van der Waals surface area contributed by atoms with Crippen LogP contribution in [-0.4, -0.2) is 107 Å². The van der Waals surface area contributed by atoms with Gasteiger partial charge in [0.2, 0.25) is 0 Å². The molecule has 2 aliphatic carbocycles. The molecule has 3 aromatic rings. The smallest absolute Gasteiger partial charge is 0.341 e. The van der Waals surface area contributed by atoms with E-state index in [0.29, 0.717) is 67.5 Å². The number of nitrogens with zero attached hydrogens (tertiary/aromatic N) is 4. The summed E-state index contributed by atoms with van der Waals surface area (Å²) in [5, 5.41) is 1.02. The first kappa shape index (κ1) is 36.2. The molecule has 53 heavy (non-hydrogen) atoms. The molecule has 4 heterocycles. The summed E-state index contributed by atoms with van der Waals surface area (Å²) in [6, 6.07) is 6.39. The summed E-state index contributed by atoms with van der Waals surface area (Å²) in [6.07, 6.45) is 3.76. The maximum atomic E-state index is 16.5. The highest BCUT2D eigenvalue weighted by Gasteiger charge is 2.47. The van der Waals surface area contributed by atoms with E-state index >= 15 is 4.39 Å². The SMILES string of the molecule is COC[C@H]1CN(c2ccc3c4c(c(=O)oc3c2Cl)CN(C(=O)c2ccc(C(=O)NS(=O)(=O)N3CCCC3)c(OC3C[C@@H]5C[C@@H]5C3)c2F)CC4)CCN1C. The Labute approximate surface area is 312 Å². The molecule has 4 fully saturated rings. The van der Waals surface area contributed by atoms with E-state index in [0.717, 1.165) is 30.8 Å². The normalized spacial score (nSPS) is 24.7. The summed E-state index contributed by atoms with van der Waals surface area (Å²) in [6.45, 7) is 3.43. The molecule has 5 aliphatic rings. The Bertz CT molecular complexity index is 2130. The molecule has 1 unspecified atom stereocenters. The van der Waals surface area contributed by atoms with Crippen molar-refractivity contribution in [3.63, 3.8) is 0 Å². The van der Waals surface area contributed by atoms with Gasteiger partial charge in [-0.25, -0.2) is 13.9 Å². The number of nitrogens with one attached hydrogen (secondary N) is 1. The van der Waals surface area contributed by atoms with Gasteiger partial charge >= 0.3 is 15.8 Å². The zero-order valence-corrected chi connectivity index (χ0v) is 31.3. The third kappa shape index (κ3) is 6.79. The zero-order chi connectivity index (χ0) is 37.2. The minimum absolute atomic E-state index is 0.124. The number of methoxy groups -OCH3 is 1. The second-order valence-corrected chi connectivity index (χ2v) is 17.0. The van der Waals surface area contributed by atoms with Crippen molar-refractivity contribution in [1.82, 2.24) is 18.8 Å². The molecule has 1 aromatic heterocycles. The van der Waals surface area contributed by atoms with Gasteiger partial charge in [0.1, 0.15) is 5.02 Å². The fraction of sp³-hybridized carbons (Fsp3) is 0.541. The van der Waals surface area contributed by atoms with Crippen molar-refractivity contribution >= 4 is 50.3 Å². The third-order valence-electron chi connectivity index (χ3n) is 11.6. The lowest BCUT2D eigenvalue weighted by Crippen LogP contribution is -2.53. The Morgan fingerprint density at radius 3 is 2.47 bits per heavy atom. The lowest BCUT2D eigenvalue weighted by atomic mass is 9.96. The van der Waals surface area contributed by atoms with Gasteiger partial charge in [-0.15, -0.1) is 0 Å². The highest BCUT2D eigenvalue weighted by atomic mass is 35.5. The molecule has 1 N–H and O–H groups in total. The number of likely N-dealkylation sites (N-methyl/N-ethyl adjacent to an activating group) is 1. The minimum atomic E-state index is -4.15. The number of carbonyl (C=O) groups is 2. The van der Waals surface area contributed by atoms with E-state index in [1.165, 1.54) is 21.3 Å². The van der Waals surface area contributed by atoms with Crippen molar-refractivity contribution in [3.8, 4) is 5.75 Å². The van der Waals surface area contributed by atoms with E-state index in [-0.39, 0.29) is 60.6 Å². The van der Waals surface area contributed by atoms with Gasteiger partial charge in [0, 0.05) is 51.8 Å². The third-order valence-corrected chi connectivity index (χ3v) is 13.5. The van der Waals surface area contributed by atoms with Crippen LogP contribution in [0.3, 0.4) is 0 Å². The highest BCUT2D eigenvalue weighted by molar-refractivity contribution is 7.87. The molecule has 0 spiro atoms. The molecule has 3 aliphatic heterocycles. The van der Waals surface area contributed by atoms with Crippen LogP contribution >= 0.6 is 11.6 Å². The molecule has 0 bridgehead atoms. The van der Waals surface area contributed by atoms with Gasteiger partial charge in [0.05, 0.1) is 47.7 Å². The molecule has 0 radical (unpaired) electrons. The number of carbonyl (C=O) groups excluding carboxylic acids is 2. The number of hydrogen-bond acceptors (Lipinski definition) is 10. The van der Waals surface area contributed by atoms with Crippen LogP contribution in [0.25, 0.3) is 11.0 Å². The molecule has 284 valence electrons. The van der Waals surface area contributed by atoms with Gasteiger partial charge in [-0.1, -0.05) is 11.6 Å². The van der Waals surface area contributed by atoms with E-state index < -0.39 is 39.2 Å². The first-order valence-electron chi connectivity index (χ1n) is 18.2. The van der Waals surface area contributed by atoms with Gasteiger partial charge in [0.25, 0.3) is 11.8 Å². The summed E-state index contributed by atoms with van der Waals surface area (Å²) >= 11 is 6.91. The average Bonchev–Trinajstić information content (AvgIpc) is 3.47. The lowest BCUT2D eigenvalue weighted by Gasteiger charge is -2.40. The van der Waals surface area contributed by atoms with Crippen LogP contribution < -0.4 is 20.0 Å². The largest absolute Gasteiger partial charge is 0.486 e. The second kappa shape index (κ2) is 14.1. The van der Waals surface area contributed by atoms with Crippen LogP contribution in [0.4, 0.5) is 10.1 Å². The van der Waals surface area contributed by atoms with Crippen molar-refractivity contribution < 1.29 is 36.3 Å². The number of amides is 2. The van der Waals surface area contributed by atoms with Crippen LogP contribution in [-0.2, 0) is 27.9 Å². The van der Waals surface area contributed by atoms with Crippen LogP contribution in [0.15, 0.2) is 33.5 Å². The Hall–Kier alpha value is -3.76. The van der Waals surface area contributed by atoms with Gasteiger partial charge in [-0.3, -0.25) is 14.5 Å². The van der Waals surface area contributed by atoms with E-state index in [2.05, 4.69) is 21.6 Å². The maximum absolute atomic E-state index is 16.5. The van der Waals surface area contributed by atoms with Gasteiger partial charge in [0.15, 0.2) is 17.1 Å².